The highest BCUT2D eigenvalue weighted by atomic mass is 19.1. The number of ether oxygens (including phenoxy) is 1. The molecule has 4 nitrogen and oxygen atoms in total. The minimum absolute atomic E-state index is 0.0812. The lowest BCUT2D eigenvalue weighted by Crippen LogP contribution is -2.44. The summed E-state index contributed by atoms with van der Waals surface area (Å²) >= 11 is 0. The summed E-state index contributed by atoms with van der Waals surface area (Å²) in [6.07, 6.45) is -0.0812. The Bertz CT molecular complexity index is 462. The molecule has 0 saturated carbocycles. The molecule has 0 saturated heterocycles. The number of carbonyl (C=O) groups is 1. The van der Waals surface area contributed by atoms with E-state index < -0.39 is 11.8 Å². The molecular formula is C13H16FNO3. The van der Waals surface area contributed by atoms with Crippen molar-refractivity contribution < 1.29 is 19.0 Å². The average molecular weight is 253 g/mol. The van der Waals surface area contributed by atoms with Gasteiger partial charge >= 0.3 is 5.97 Å². The number of benzene rings is 1. The average Bonchev–Trinajstić information content (AvgIpc) is 2.28. The van der Waals surface area contributed by atoms with Gasteiger partial charge in [-0.05, 0) is 18.1 Å². The van der Waals surface area contributed by atoms with Crippen LogP contribution < -0.4 is 9.64 Å². The molecule has 1 aliphatic rings. The summed E-state index contributed by atoms with van der Waals surface area (Å²) in [5.74, 6) is -0.521. The largest absolute Gasteiger partial charge is 0.486 e. The quantitative estimate of drug-likeness (QED) is 0.896. The molecule has 0 aliphatic carbocycles. The maximum Gasteiger partial charge on any atom is 0.323 e. The van der Waals surface area contributed by atoms with Crippen LogP contribution in [-0.4, -0.2) is 30.3 Å². The van der Waals surface area contributed by atoms with Gasteiger partial charge in [0.2, 0.25) is 0 Å². The maximum absolute atomic E-state index is 13.2. The first-order chi connectivity index (χ1) is 8.47. The summed E-state index contributed by atoms with van der Waals surface area (Å²) in [5.41, 5.74) is 0.509. The molecule has 18 heavy (non-hydrogen) atoms. The van der Waals surface area contributed by atoms with Gasteiger partial charge in [-0.2, -0.15) is 0 Å². The van der Waals surface area contributed by atoms with Crippen LogP contribution in [0.15, 0.2) is 18.2 Å². The standard InChI is InChI=1S/C13H16FNO3/c1-8(2)12-6-15(7-13(16)17)10-5-9(14)3-4-11(10)18-12/h3-5,8,12H,6-7H2,1-2H3,(H,16,17). The number of anilines is 1. The van der Waals surface area contributed by atoms with Crippen LogP contribution in [0.1, 0.15) is 13.8 Å². The molecular weight excluding hydrogens is 237 g/mol. The van der Waals surface area contributed by atoms with Gasteiger partial charge in [-0.3, -0.25) is 4.79 Å². The number of rotatable bonds is 3. The molecule has 1 heterocycles. The van der Waals surface area contributed by atoms with Crippen molar-refractivity contribution in [2.75, 3.05) is 18.0 Å². The van der Waals surface area contributed by atoms with Crippen molar-refractivity contribution in [3.63, 3.8) is 0 Å². The van der Waals surface area contributed by atoms with Crippen molar-refractivity contribution in [1.82, 2.24) is 0 Å². The van der Waals surface area contributed by atoms with Crippen LogP contribution in [0.5, 0.6) is 5.75 Å². The molecule has 1 aromatic carbocycles. The molecule has 1 aromatic rings. The summed E-state index contributed by atoms with van der Waals surface area (Å²) < 4.78 is 19.0. The Kier molecular flexibility index (Phi) is 3.41. The van der Waals surface area contributed by atoms with Crippen LogP contribution in [-0.2, 0) is 4.79 Å². The lowest BCUT2D eigenvalue weighted by molar-refractivity contribution is -0.135. The van der Waals surface area contributed by atoms with Gasteiger partial charge in [0.05, 0.1) is 12.2 Å². The van der Waals surface area contributed by atoms with E-state index in [4.69, 9.17) is 9.84 Å². The minimum atomic E-state index is -0.936. The summed E-state index contributed by atoms with van der Waals surface area (Å²) in [7, 11) is 0. The van der Waals surface area contributed by atoms with E-state index in [2.05, 4.69) is 0 Å². The molecule has 1 atom stereocenters. The summed E-state index contributed by atoms with van der Waals surface area (Å²) in [4.78, 5) is 12.5. The highest BCUT2D eigenvalue weighted by Crippen LogP contribution is 2.35. The Labute approximate surface area is 105 Å². The molecule has 1 aliphatic heterocycles. The van der Waals surface area contributed by atoms with E-state index in [0.717, 1.165) is 0 Å². The van der Waals surface area contributed by atoms with Gasteiger partial charge in [-0.25, -0.2) is 4.39 Å². The number of nitrogens with zero attached hydrogens (tertiary/aromatic N) is 1. The first-order valence-corrected chi connectivity index (χ1v) is 5.90. The Hall–Kier alpha value is -1.78. The second-order valence-corrected chi connectivity index (χ2v) is 4.79. The Morgan fingerprint density at radius 2 is 2.33 bits per heavy atom. The second-order valence-electron chi connectivity index (χ2n) is 4.79. The third-order valence-electron chi connectivity index (χ3n) is 3.01. The molecule has 98 valence electrons. The number of hydrogen-bond acceptors (Lipinski definition) is 3. The second kappa shape index (κ2) is 4.84. The number of aliphatic carboxylic acids is 1. The number of halogens is 1. The zero-order valence-corrected chi connectivity index (χ0v) is 10.4. The highest BCUT2D eigenvalue weighted by molar-refractivity contribution is 5.75. The molecule has 1 unspecified atom stereocenters. The normalized spacial score (nSPS) is 18.4. The Balaban J connectivity index is 2.34. The molecule has 1 N–H and O–H groups in total. The van der Waals surface area contributed by atoms with E-state index in [1.54, 1.807) is 11.0 Å². The molecule has 0 bridgehead atoms. The Morgan fingerprint density at radius 1 is 1.61 bits per heavy atom. The molecule has 0 amide bonds. The summed E-state index contributed by atoms with van der Waals surface area (Å²) in [5, 5.41) is 8.91. The number of hydrogen-bond donors (Lipinski definition) is 1. The third kappa shape index (κ3) is 2.55. The van der Waals surface area contributed by atoms with Crippen molar-refractivity contribution in [2.45, 2.75) is 20.0 Å². The predicted octanol–water partition coefficient (Wildman–Crippen LogP) is 2.13. The van der Waals surface area contributed by atoms with Crippen LogP contribution in [0.2, 0.25) is 0 Å². The topological polar surface area (TPSA) is 49.8 Å². The van der Waals surface area contributed by atoms with Gasteiger partial charge in [-0.1, -0.05) is 13.8 Å². The third-order valence-corrected chi connectivity index (χ3v) is 3.01. The van der Waals surface area contributed by atoms with E-state index in [1.165, 1.54) is 12.1 Å². The van der Waals surface area contributed by atoms with Gasteiger partial charge < -0.3 is 14.7 Å². The zero-order chi connectivity index (χ0) is 13.3. The summed E-state index contributed by atoms with van der Waals surface area (Å²) in [6, 6.07) is 4.18. The monoisotopic (exact) mass is 253 g/mol. The van der Waals surface area contributed by atoms with Gasteiger partial charge in [0, 0.05) is 6.07 Å². The van der Waals surface area contributed by atoms with E-state index in [-0.39, 0.29) is 18.6 Å². The lowest BCUT2D eigenvalue weighted by atomic mass is 10.0. The fourth-order valence-corrected chi connectivity index (χ4v) is 2.01. The van der Waals surface area contributed by atoms with Crippen LogP contribution in [0.3, 0.4) is 0 Å². The number of fused-ring (bicyclic) bond motifs is 1. The van der Waals surface area contributed by atoms with Crippen LogP contribution >= 0.6 is 0 Å². The molecule has 0 fully saturated rings. The molecule has 0 spiro atoms. The first-order valence-electron chi connectivity index (χ1n) is 5.90. The van der Waals surface area contributed by atoms with E-state index in [9.17, 15) is 9.18 Å². The van der Waals surface area contributed by atoms with Gasteiger partial charge in [0.25, 0.3) is 0 Å². The SMILES string of the molecule is CC(C)C1CN(CC(=O)O)c2cc(F)ccc2O1. The first kappa shape index (κ1) is 12.7. The van der Waals surface area contributed by atoms with Crippen molar-refractivity contribution in [2.24, 2.45) is 5.92 Å². The van der Waals surface area contributed by atoms with E-state index in [0.29, 0.717) is 18.0 Å². The summed E-state index contributed by atoms with van der Waals surface area (Å²) in [6.45, 7) is 4.33. The lowest BCUT2D eigenvalue weighted by Gasteiger charge is -2.37. The maximum atomic E-state index is 13.2. The van der Waals surface area contributed by atoms with Crippen molar-refractivity contribution in [3.8, 4) is 5.75 Å². The van der Waals surface area contributed by atoms with Crippen LogP contribution in [0.4, 0.5) is 10.1 Å². The smallest absolute Gasteiger partial charge is 0.323 e. The molecule has 5 heteroatoms. The molecule has 0 radical (unpaired) electrons. The van der Waals surface area contributed by atoms with Crippen LogP contribution in [0.25, 0.3) is 0 Å². The minimum Gasteiger partial charge on any atom is -0.486 e. The molecule has 2 rings (SSSR count). The highest BCUT2D eigenvalue weighted by Gasteiger charge is 2.29. The van der Waals surface area contributed by atoms with Crippen molar-refractivity contribution in [1.29, 1.82) is 0 Å². The fourth-order valence-electron chi connectivity index (χ4n) is 2.01. The predicted molar refractivity (Wildman–Crippen MR) is 65.5 cm³/mol. The van der Waals surface area contributed by atoms with Gasteiger partial charge in [-0.15, -0.1) is 0 Å². The van der Waals surface area contributed by atoms with E-state index in [1.807, 2.05) is 13.8 Å². The van der Waals surface area contributed by atoms with Gasteiger partial charge in [0.1, 0.15) is 24.2 Å². The van der Waals surface area contributed by atoms with Crippen LogP contribution in [0, 0.1) is 11.7 Å². The number of carboxylic acid groups (broad SMARTS) is 1. The number of carboxylic acids is 1. The Morgan fingerprint density at radius 3 is 2.94 bits per heavy atom. The zero-order valence-electron chi connectivity index (χ0n) is 10.4. The van der Waals surface area contributed by atoms with E-state index >= 15 is 0 Å². The fraction of sp³-hybridized carbons (Fsp3) is 0.462. The van der Waals surface area contributed by atoms with Gasteiger partial charge in [0.15, 0.2) is 0 Å². The van der Waals surface area contributed by atoms with Crippen molar-refractivity contribution in [3.05, 3.63) is 24.0 Å². The van der Waals surface area contributed by atoms with Crippen molar-refractivity contribution >= 4 is 11.7 Å². The molecule has 0 aromatic heterocycles.